The third-order valence-electron chi connectivity index (χ3n) is 1.96. The number of ether oxygens (including phenoxy) is 1. The van der Waals surface area contributed by atoms with Crippen molar-refractivity contribution in [1.82, 2.24) is 0 Å². The van der Waals surface area contributed by atoms with E-state index < -0.39 is 28.3 Å². The van der Waals surface area contributed by atoms with E-state index in [-0.39, 0.29) is 12.2 Å². The highest BCUT2D eigenvalue weighted by molar-refractivity contribution is 5.39. The van der Waals surface area contributed by atoms with Crippen LogP contribution in [0.25, 0.3) is 0 Å². The largest absolute Gasteiger partial charge is 0.368 e. The van der Waals surface area contributed by atoms with Crippen molar-refractivity contribution in [2.45, 2.75) is 6.10 Å². The number of hydrogen-bond donors (Lipinski definition) is 0. The second kappa shape index (κ2) is 2.98. The fourth-order valence-electron chi connectivity index (χ4n) is 1.21. The van der Waals surface area contributed by atoms with Crippen molar-refractivity contribution in [3.63, 3.8) is 0 Å². The lowest BCUT2D eigenvalue weighted by Gasteiger charge is -2.01. The lowest BCUT2D eigenvalue weighted by Crippen LogP contribution is -2.00. The van der Waals surface area contributed by atoms with Gasteiger partial charge in [0.25, 0.3) is 0 Å². The number of nitro groups is 1. The lowest BCUT2D eigenvalue weighted by atomic mass is 10.1. The van der Waals surface area contributed by atoms with Crippen LogP contribution in [0.15, 0.2) is 12.1 Å². The van der Waals surface area contributed by atoms with Crippen LogP contribution in [0, 0.1) is 21.7 Å². The Morgan fingerprint density at radius 3 is 2.64 bits per heavy atom. The van der Waals surface area contributed by atoms with Crippen LogP contribution in [0.5, 0.6) is 0 Å². The van der Waals surface area contributed by atoms with E-state index in [0.717, 1.165) is 12.1 Å². The summed E-state index contributed by atoms with van der Waals surface area (Å²) < 4.78 is 31.0. The van der Waals surface area contributed by atoms with Crippen LogP contribution in [-0.2, 0) is 4.74 Å². The lowest BCUT2D eigenvalue weighted by molar-refractivity contribution is -0.387. The molecule has 14 heavy (non-hydrogen) atoms. The van der Waals surface area contributed by atoms with Crippen molar-refractivity contribution in [2.24, 2.45) is 0 Å². The first-order valence-electron chi connectivity index (χ1n) is 3.85. The van der Waals surface area contributed by atoms with Crippen LogP contribution in [0.4, 0.5) is 14.5 Å². The molecule has 0 aromatic heterocycles. The summed E-state index contributed by atoms with van der Waals surface area (Å²) in [4.78, 5) is 9.44. The minimum absolute atomic E-state index is 0.203. The van der Waals surface area contributed by atoms with Crippen molar-refractivity contribution in [3.8, 4) is 0 Å². The first-order chi connectivity index (χ1) is 6.61. The molecule has 1 fully saturated rings. The minimum atomic E-state index is -1.14. The maximum absolute atomic E-state index is 13.3. The number of nitrogens with zero attached hydrogens (tertiary/aromatic N) is 1. The van der Waals surface area contributed by atoms with Crippen LogP contribution in [0.2, 0.25) is 0 Å². The van der Waals surface area contributed by atoms with Crippen LogP contribution >= 0.6 is 0 Å². The summed E-state index contributed by atoms with van der Waals surface area (Å²) in [5.41, 5.74) is -1.07. The Bertz CT molecular complexity index is 404. The highest BCUT2D eigenvalue weighted by Crippen LogP contribution is 2.36. The molecule has 1 heterocycles. The SMILES string of the molecule is O=[N+]([O-])c1ccc(F)c([C@H]2CO2)c1F. The molecule has 0 aliphatic carbocycles. The number of halogens is 2. The van der Waals surface area contributed by atoms with Gasteiger partial charge in [-0.05, 0) is 6.07 Å². The van der Waals surface area contributed by atoms with Crippen LogP contribution < -0.4 is 0 Å². The maximum Gasteiger partial charge on any atom is 0.305 e. The number of nitro benzene ring substituents is 1. The Morgan fingerprint density at radius 2 is 2.14 bits per heavy atom. The Hall–Kier alpha value is -1.56. The highest BCUT2D eigenvalue weighted by atomic mass is 19.1. The zero-order valence-corrected chi connectivity index (χ0v) is 6.87. The Balaban J connectivity index is 2.56. The summed E-state index contributed by atoms with van der Waals surface area (Å²) >= 11 is 0. The molecule has 1 aliphatic rings. The molecule has 0 N–H and O–H groups in total. The van der Waals surface area contributed by atoms with Gasteiger partial charge in [-0.1, -0.05) is 0 Å². The van der Waals surface area contributed by atoms with Gasteiger partial charge < -0.3 is 4.74 Å². The van der Waals surface area contributed by atoms with Gasteiger partial charge >= 0.3 is 5.69 Å². The Morgan fingerprint density at radius 1 is 1.50 bits per heavy atom. The van der Waals surface area contributed by atoms with Crippen molar-refractivity contribution < 1.29 is 18.4 Å². The molecule has 1 aliphatic heterocycles. The molecule has 74 valence electrons. The van der Waals surface area contributed by atoms with Gasteiger partial charge in [-0.3, -0.25) is 10.1 Å². The summed E-state index contributed by atoms with van der Waals surface area (Å²) in [6, 6.07) is 1.68. The van der Waals surface area contributed by atoms with E-state index in [9.17, 15) is 18.9 Å². The zero-order chi connectivity index (χ0) is 10.3. The van der Waals surface area contributed by atoms with Gasteiger partial charge in [-0.2, -0.15) is 4.39 Å². The third kappa shape index (κ3) is 1.33. The molecular weight excluding hydrogens is 196 g/mol. The second-order valence-corrected chi connectivity index (χ2v) is 2.87. The predicted octanol–water partition coefficient (Wildman–Crippen LogP) is 1.94. The summed E-state index contributed by atoms with van der Waals surface area (Å²) in [5.74, 6) is -1.95. The molecular formula is C8H5F2NO3. The standard InChI is InChI=1S/C8H5F2NO3/c9-4-1-2-5(11(12)13)8(10)7(4)6-3-14-6/h1-2,6H,3H2/t6-/m1/s1. The Kier molecular flexibility index (Phi) is 1.92. The van der Waals surface area contributed by atoms with Crippen molar-refractivity contribution >= 4 is 5.69 Å². The molecule has 0 saturated carbocycles. The molecule has 0 spiro atoms. The predicted molar refractivity (Wildman–Crippen MR) is 41.7 cm³/mol. The first-order valence-corrected chi connectivity index (χ1v) is 3.85. The van der Waals surface area contributed by atoms with Crippen molar-refractivity contribution in [3.05, 3.63) is 39.4 Å². The van der Waals surface area contributed by atoms with Crippen LogP contribution in [-0.4, -0.2) is 11.5 Å². The monoisotopic (exact) mass is 201 g/mol. The summed E-state index contributed by atoms with van der Waals surface area (Å²) in [6.07, 6.45) is -0.671. The topological polar surface area (TPSA) is 55.7 Å². The molecule has 0 radical (unpaired) electrons. The number of benzene rings is 1. The van der Waals surface area contributed by atoms with Gasteiger partial charge in [-0.15, -0.1) is 0 Å². The fraction of sp³-hybridized carbons (Fsp3) is 0.250. The second-order valence-electron chi connectivity index (χ2n) is 2.87. The van der Waals surface area contributed by atoms with Crippen molar-refractivity contribution in [1.29, 1.82) is 0 Å². The number of rotatable bonds is 2. The van der Waals surface area contributed by atoms with E-state index >= 15 is 0 Å². The molecule has 0 amide bonds. The molecule has 2 rings (SSSR count). The smallest absolute Gasteiger partial charge is 0.305 e. The molecule has 1 saturated heterocycles. The molecule has 0 bridgehead atoms. The van der Waals surface area contributed by atoms with Crippen LogP contribution in [0.1, 0.15) is 11.7 Å². The van der Waals surface area contributed by atoms with E-state index in [1.165, 1.54) is 0 Å². The molecule has 1 atom stereocenters. The van der Waals surface area contributed by atoms with Gasteiger partial charge in [-0.25, -0.2) is 4.39 Å². The van der Waals surface area contributed by atoms with Gasteiger partial charge in [0.05, 0.1) is 17.1 Å². The highest BCUT2D eigenvalue weighted by Gasteiger charge is 2.34. The van der Waals surface area contributed by atoms with Gasteiger partial charge in [0.1, 0.15) is 11.9 Å². The maximum atomic E-state index is 13.3. The number of hydrogen-bond acceptors (Lipinski definition) is 3. The fourth-order valence-corrected chi connectivity index (χ4v) is 1.21. The van der Waals surface area contributed by atoms with Gasteiger partial charge in [0.15, 0.2) is 0 Å². The van der Waals surface area contributed by atoms with E-state index in [0.29, 0.717) is 0 Å². The average Bonchev–Trinajstić information content (AvgIpc) is 2.87. The summed E-state index contributed by atoms with van der Waals surface area (Å²) in [5, 5.41) is 10.3. The number of epoxide rings is 1. The zero-order valence-electron chi connectivity index (χ0n) is 6.87. The van der Waals surface area contributed by atoms with Crippen molar-refractivity contribution in [2.75, 3.05) is 6.61 Å². The quantitative estimate of drug-likeness (QED) is 0.417. The minimum Gasteiger partial charge on any atom is -0.368 e. The third-order valence-corrected chi connectivity index (χ3v) is 1.96. The van der Waals surface area contributed by atoms with E-state index in [1.807, 2.05) is 0 Å². The van der Waals surface area contributed by atoms with Crippen LogP contribution in [0.3, 0.4) is 0 Å². The van der Waals surface area contributed by atoms with E-state index in [2.05, 4.69) is 4.74 Å². The van der Waals surface area contributed by atoms with Gasteiger partial charge in [0, 0.05) is 6.07 Å². The first kappa shape index (κ1) is 9.01. The van der Waals surface area contributed by atoms with Gasteiger partial charge in [0.2, 0.25) is 5.82 Å². The summed E-state index contributed by atoms with van der Waals surface area (Å²) in [7, 11) is 0. The molecule has 0 unspecified atom stereocenters. The normalized spacial score (nSPS) is 19.4. The molecule has 4 nitrogen and oxygen atoms in total. The molecule has 1 aromatic carbocycles. The summed E-state index contributed by atoms with van der Waals surface area (Å²) in [6.45, 7) is 0.203. The molecule has 1 aromatic rings. The average molecular weight is 201 g/mol. The molecule has 6 heteroatoms. The van der Waals surface area contributed by atoms with E-state index in [4.69, 9.17) is 0 Å². The van der Waals surface area contributed by atoms with E-state index in [1.54, 1.807) is 0 Å². The Labute approximate surface area is 77.3 Å².